The van der Waals surface area contributed by atoms with E-state index in [-0.39, 0.29) is 5.97 Å². The fraction of sp³-hybridized carbons (Fsp3) is 0.205. The van der Waals surface area contributed by atoms with Crippen molar-refractivity contribution in [1.82, 2.24) is 0 Å². The van der Waals surface area contributed by atoms with Crippen molar-refractivity contribution in [2.75, 3.05) is 0 Å². The molecule has 2 heteroatoms. The number of carbonyl (C=O) groups excluding carboxylic acids is 1. The number of benzene rings is 5. The van der Waals surface area contributed by atoms with Crippen LogP contribution in [0.2, 0.25) is 0 Å². The van der Waals surface area contributed by atoms with Crippen LogP contribution in [0.25, 0.3) is 11.1 Å². The Morgan fingerprint density at radius 1 is 0.415 bits per heavy atom. The molecule has 0 fully saturated rings. The van der Waals surface area contributed by atoms with Crippen molar-refractivity contribution in [3.63, 3.8) is 0 Å². The molecule has 2 nitrogen and oxygen atoms in total. The number of rotatable bonds is 3. The molecule has 0 unspecified atom stereocenters. The molecule has 5 aromatic rings. The van der Waals surface area contributed by atoms with E-state index in [2.05, 4.69) is 102 Å². The van der Waals surface area contributed by atoms with Crippen LogP contribution in [-0.4, -0.2) is 5.97 Å². The molecule has 0 bridgehead atoms. The second-order valence-electron chi connectivity index (χ2n) is 10.8. The molecule has 0 aliphatic rings. The summed E-state index contributed by atoms with van der Waals surface area (Å²) in [7, 11) is 0. The van der Waals surface area contributed by atoms with Crippen LogP contribution in [-0.2, 0) is 0 Å². The van der Waals surface area contributed by atoms with Crippen LogP contribution >= 0.6 is 0 Å². The van der Waals surface area contributed by atoms with Gasteiger partial charge in [-0.1, -0.05) is 107 Å². The number of hydrogen-bond acceptors (Lipinski definition) is 2. The number of ether oxygens (including phenoxy) is 1. The fourth-order valence-corrected chi connectivity index (χ4v) is 4.02. The third-order valence-corrected chi connectivity index (χ3v) is 7.07. The maximum atomic E-state index is 11.8. The van der Waals surface area contributed by atoms with Gasteiger partial charge in [-0.15, -0.1) is 0 Å². The first-order chi connectivity index (χ1) is 19.5. The third-order valence-electron chi connectivity index (χ3n) is 7.07. The Kier molecular flexibility index (Phi) is 11.2. The first-order valence-corrected chi connectivity index (χ1v) is 14.1. The SMILES string of the molecule is Cc1ccc(-c2ccc(C)c(C)c2)cc1.Cc1ccc(C)c(C)c1.Cc1ccc(OC(=O)c2ccc(C)cc2)cc1. The number of carbonyl (C=O) groups is 1. The molecule has 0 saturated carbocycles. The molecule has 5 rings (SSSR count). The Morgan fingerprint density at radius 3 is 1.32 bits per heavy atom. The summed E-state index contributed by atoms with van der Waals surface area (Å²) in [6.45, 7) is 16.8. The molecule has 0 spiro atoms. The number of esters is 1. The normalized spacial score (nSPS) is 10.0. The standard InChI is InChI=1S/C15H14O2.C15H16.C9H12/c1-11-3-7-13(8-4-11)15(16)17-14-9-5-12(2)6-10-14;1-11-4-7-14(8-5-11)15-9-6-12(2)13(3)10-15;1-7-4-5-8(2)9(3)6-7/h3-10H,1-2H3;4-10H,1-3H3;4-6H,1-3H3. The van der Waals surface area contributed by atoms with E-state index in [1.54, 1.807) is 24.3 Å². The van der Waals surface area contributed by atoms with Gasteiger partial charge in [-0.2, -0.15) is 0 Å². The van der Waals surface area contributed by atoms with Crippen molar-refractivity contribution in [2.45, 2.75) is 55.4 Å². The zero-order chi connectivity index (χ0) is 29.9. The quantitative estimate of drug-likeness (QED) is 0.167. The third kappa shape index (κ3) is 9.92. The molecule has 0 N–H and O–H groups in total. The van der Waals surface area contributed by atoms with Gasteiger partial charge in [0.1, 0.15) is 5.75 Å². The summed E-state index contributed by atoms with van der Waals surface area (Å²) in [5, 5.41) is 0. The van der Waals surface area contributed by atoms with E-state index in [0.29, 0.717) is 11.3 Å². The average molecular weight is 543 g/mol. The lowest BCUT2D eigenvalue weighted by atomic mass is 10.00. The van der Waals surface area contributed by atoms with Crippen molar-refractivity contribution in [3.8, 4) is 16.9 Å². The van der Waals surface area contributed by atoms with E-state index >= 15 is 0 Å². The fourth-order valence-electron chi connectivity index (χ4n) is 4.02. The molecular formula is C39H42O2. The minimum absolute atomic E-state index is 0.325. The lowest BCUT2D eigenvalue weighted by Crippen LogP contribution is -2.08. The summed E-state index contributed by atoms with van der Waals surface area (Å²) in [6.07, 6.45) is 0. The molecule has 210 valence electrons. The zero-order valence-electron chi connectivity index (χ0n) is 25.7. The van der Waals surface area contributed by atoms with E-state index < -0.39 is 0 Å². The molecular weight excluding hydrogens is 500 g/mol. The second-order valence-corrected chi connectivity index (χ2v) is 10.8. The summed E-state index contributed by atoms with van der Waals surface area (Å²) in [5.74, 6) is 0.245. The zero-order valence-corrected chi connectivity index (χ0v) is 25.7. The Morgan fingerprint density at radius 2 is 0.829 bits per heavy atom. The molecule has 0 aliphatic carbocycles. The Balaban J connectivity index is 0.000000177. The van der Waals surface area contributed by atoms with Gasteiger partial charge in [-0.05, 0) is 113 Å². The van der Waals surface area contributed by atoms with Crippen LogP contribution in [0.1, 0.15) is 54.9 Å². The monoisotopic (exact) mass is 542 g/mol. The maximum Gasteiger partial charge on any atom is 0.343 e. The van der Waals surface area contributed by atoms with Gasteiger partial charge in [0.05, 0.1) is 5.56 Å². The van der Waals surface area contributed by atoms with Crippen molar-refractivity contribution >= 4 is 5.97 Å². The van der Waals surface area contributed by atoms with Crippen LogP contribution in [0.4, 0.5) is 0 Å². The van der Waals surface area contributed by atoms with Gasteiger partial charge >= 0.3 is 5.97 Å². The highest BCUT2D eigenvalue weighted by molar-refractivity contribution is 5.91. The van der Waals surface area contributed by atoms with Crippen molar-refractivity contribution < 1.29 is 9.53 Å². The van der Waals surface area contributed by atoms with Crippen LogP contribution in [0.3, 0.4) is 0 Å². The summed E-state index contributed by atoms with van der Waals surface area (Å²) >= 11 is 0. The van der Waals surface area contributed by atoms with E-state index in [1.165, 1.54) is 44.5 Å². The lowest BCUT2D eigenvalue weighted by Gasteiger charge is -2.05. The summed E-state index contributed by atoms with van der Waals surface area (Å²) < 4.78 is 5.26. The highest BCUT2D eigenvalue weighted by Gasteiger charge is 2.07. The highest BCUT2D eigenvalue weighted by atomic mass is 16.5. The van der Waals surface area contributed by atoms with E-state index in [1.807, 2.05) is 38.1 Å². The maximum absolute atomic E-state index is 11.8. The summed E-state index contributed by atoms with van der Waals surface area (Å²) in [5.41, 5.74) is 13.5. The number of hydrogen-bond donors (Lipinski definition) is 0. The molecule has 0 saturated heterocycles. The predicted molar refractivity (Wildman–Crippen MR) is 174 cm³/mol. The minimum atomic E-state index is -0.325. The Labute approximate surface area is 246 Å². The molecule has 0 radical (unpaired) electrons. The van der Waals surface area contributed by atoms with Gasteiger partial charge in [0.15, 0.2) is 0 Å². The van der Waals surface area contributed by atoms with E-state index in [9.17, 15) is 4.79 Å². The van der Waals surface area contributed by atoms with Crippen molar-refractivity contribution in [2.24, 2.45) is 0 Å². The van der Waals surface area contributed by atoms with Gasteiger partial charge < -0.3 is 4.74 Å². The summed E-state index contributed by atoms with van der Waals surface area (Å²) in [6, 6.07) is 36.5. The topological polar surface area (TPSA) is 26.3 Å². The van der Waals surface area contributed by atoms with Gasteiger partial charge in [-0.3, -0.25) is 0 Å². The van der Waals surface area contributed by atoms with Crippen molar-refractivity contribution in [3.05, 3.63) is 159 Å². The number of aryl methyl sites for hydroxylation is 8. The second kappa shape index (κ2) is 14.8. The molecule has 0 atom stereocenters. The van der Waals surface area contributed by atoms with Crippen LogP contribution in [0.5, 0.6) is 5.75 Å². The molecule has 0 amide bonds. The van der Waals surface area contributed by atoms with E-state index in [0.717, 1.165) is 11.1 Å². The lowest BCUT2D eigenvalue weighted by molar-refractivity contribution is 0.0734. The largest absolute Gasteiger partial charge is 0.423 e. The molecule has 5 aromatic carbocycles. The van der Waals surface area contributed by atoms with Crippen LogP contribution in [0.15, 0.2) is 109 Å². The molecule has 0 aromatic heterocycles. The summed E-state index contributed by atoms with van der Waals surface area (Å²) in [4.78, 5) is 11.8. The van der Waals surface area contributed by atoms with Gasteiger partial charge in [0.25, 0.3) is 0 Å². The minimum Gasteiger partial charge on any atom is -0.423 e. The van der Waals surface area contributed by atoms with Gasteiger partial charge in [0, 0.05) is 0 Å². The Bertz CT molecular complexity index is 1560. The van der Waals surface area contributed by atoms with Crippen LogP contribution in [0, 0.1) is 55.4 Å². The molecule has 41 heavy (non-hydrogen) atoms. The smallest absolute Gasteiger partial charge is 0.343 e. The average Bonchev–Trinajstić information content (AvgIpc) is 2.95. The molecule has 0 heterocycles. The predicted octanol–water partition coefficient (Wildman–Crippen LogP) is 10.4. The van der Waals surface area contributed by atoms with Crippen molar-refractivity contribution in [1.29, 1.82) is 0 Å². The van der Waals surface area contributed by atoms with Crippen LogP contribution < -0.4 is 4.74 Å². The molecule has 0 aliphatic heterocycles. The van der Waals surface area contributed by atoms with E-state index in [4.69, 9.17) is 4.74 Å². The van der Waals surface area contributed by atoms with Gasteiger partial charge in [0.2, 0.25) is 0 Å². The first kappa shape index (κ1) is 31.1. The van der Waals surface area contributed by atoms with Gasteiger partial charge in [-0.25, -0.2) is 4.79 Å². The Hall–Kier alpha value is -4.43. The first-order valence-electron chi connectivity index (χ1n) is 14.1. The highest BCUT2D eigenvalue weighted by Crippen LogP contribution is 2.22.